The van der Waals surface area contributed by atoms with Gasteiger partial charge in [-0.2, -0.15) is 0 Å². The van der Waals surface area contributed by atoms with Crippen molar-refractivity contribution >= 4 is 5.91 Å². The first-order chi connectivity index (χ1) is 9.78. The lowest BCUT2D eigenvalue weighted by Crippen LogP contribution is -2.47. The summed E-state index contributed by atoms with van der Waals surface area (Å²) < 4.78 is 27.5. The van der Waals surface area contributed by atoms with Gasteiger partial charge in [0.2, 0.25) is 5.91 Å². The fourth-order valence-corrected chi connectivity index (χ4v) is 2.30. The molecule has 1 aliphatic heterocycles. The second-order valence-electron chi connectivity index (χ2n) is 5.84. The molecule has 4 nitrogen and oxygen atoms in total. The molecule has 0 aromatic heterocycles. The number of nitrogens with zero attached hydrogens (tertiary/aromatic N) is 1. The third kappa shape index (κ3) is 3.78. The first-order valence-electron chi connectivity index (χ1n) is 6.76. The molecule has 0 aliphatic carbocycles. The van der Waals surface area contributed by atoms with Crippen LogP contribution in [-0.4, -0.2) is 16.5 Å². The summed E-state index contributed by atoms with van der Waals surface area (Å²) in [7, 11) is 0. The fraction of sp³-hybridized carbons (Fsp3) is 0.400. The summed E-state index contributed by atoms with van der Waals surface area (Å²) in [5.74, 6) is -1.76. The van der Waals surface area contributed by atoms with Gasteiger partial charge in [0.15, 0.2) is 0 Å². The van der Waals surface area contributed by atoms with Crippen LogP contribution in [-0.2, 0) is 11.3 Å². The number of amides is 1. The van der Waals surface area contributed by atoms with Gasteiger partial charge in [0.05, 0.1) is 6.54 Å². The Hall–Kier alpha value is -1.95. The molecule has 0 radical (unpaired) electrons. The Balaban J connectivity index is 2.30. The molecule has 1 amide bonds. The number of benzene rings is 1. The summed E-state index contributed by atoms with van der Waals surface area (Å²) >= 11 is 0. The monoisotopic (exact) mass is 295 g/mol. The zero-order chi connectivity index (χ0) is 15.6. The Morgan fingerprint density at radius 2 is 2.00 bits per heavy atom. The van der Waals surface area contributed by atoms with Crippen LogP contribution >= 0.6 is 0 Å². The smallest absolute Gasteiger partial charge is 0.246 e. The molecule has 0 bridgehead atoms. The number of carbonyl (C=O) groups is 1. The van der Waals surface area contributed by atoms with Crippen molar-refractivity contribution in [1.82, 2.24) is 10.4 Å². The number of hydrogen-bond acceptors (Lipinski definition) is 3. The molecule has 1 aromatic carbocycles. The number of nitrogens with two attached hydrogens (primary N) is 1. The maximum atomic E-state index is 13.7. The van der Waals surface area contributed by atoms with Gasteiger partial charge in [-0.3, -0.25) is 4.79 Å². The van der Waals surface area contributed by atoms with Crippen LogP contribution in [0.4, 0.5) is 8.78 Å². The highest BCUT2D eigenvalue weighted by molar-refractivity contribution is 5.91. The Bertz CT molecular complexity index is 564. The number of halogens is 2. The Kier molecular flexibility index (Phi) is 4.27. The molecule has 6 heteroatoms. The number of carbonyl (C=O) groups excluding carboxylic acids is 1. The molecule has 1 aromatic rings. The van der Waals surface area contributed by atoms with Crippen molar-refractivity contribution in [1.29, 1.82) is 0 Å². The van der Waals surface area contributed by atoms with E-state index in [1.807, 2.05) is 13.8 Å². The van der Waals surface area contributed by atoms with E-state index in [-0.39, 0.29) is 17.6 Å². The van der Waals surface area contributed by atoms with Crippen LogP contribution in [0.5, 0.6) is 0 Å². The first kappa shape index (κ1) is 15.4. The van der Waals surface area contributed by atoms with Crippen molar-refractivity contribution < 1.29 is 13.6 Å². The molecule has 1 aliphatic rings. The van der Waals surface area contributed by atoms with Crippen LogP contribution in [0.25, 0.3) is 0 Å². The maximum absolute atomic E-state index is 13.7. The van der Waals surface area contributed by atoms with E-state index < -0.39 is 17.5 Å². The minimum absolute atomic E-state index is 0.0291. The third-order valence-electron chi connectivity index (χ3n) is 3.48. The van der Waals surface area contributed by atoms with Gasteiger partial charge in [-0.25, -0.2) is 14.2 Å². The van der Waals surface area contributed by atoms with Crippen molar-refractivity contribution in [3.05, 3.63) is 47.2 Å². The van der Waals surface area contributed by atoms with Crippen molar-refractivity contribution in [2.75, 3.05) is 0 Å². The molecule has 2 rings (SSSR count). The average molecular weight is 295 g/mol. The zero-order valence-corrected chi connectivity index (χ0v) is 12.1. The van der Waals surface area contributed by atoms with Crippen LogP contribution in [0, 0.1) is 11.6 Å². The lowest BCUT2D eigenvalue weighted by molar-refractivity contribution is -0.114. The van der Waals surface area contributed by atoms with Crippen LogP contribution in [0.2, 0.25) is 0 Å². The van der Waals surface area contributed by atoms with E-state index in [0.717, 1.165) is 0 Å². The second kappa shape index (κ2) is 5.81. The molecular formula is C15H19F2N3O. The predicted octanol–water partition coefficient (Wildman–Crippen LogP) is 2.21. The Morgan fingerprint density at radius 1 is 1.38 bits per heavy atom. The number of hydrazine groups is 1. The Labute approximate surface area is 122 Å². The normalized spacial score (nSPS) is 18.1. The van der Waals surface area contributed by atoms with Gasteiger partial charge < -0.3 is 10.7 Å². The number of nitrogens with one attached hydrogen (secondary N) is 1. The van der Waals surface area contributed by atoms with Gasteiger partial charge in [0.1, 0.15) is 11.6 Å². The van der Waals surface area contributed by atoms with E-state index >= 15 is 0 Å². The maximum Gasteiger partial charge on any atom is 0.246 e. The number of hydrogen-bond donors (Lipinski definition) is 2. The topological polar surface area (TPSA) is 58.4 Å². The third-order valence-corrected chi connectivity index (χ3v) is 3.48. The highest BCUT2D eigenvalue weighted by Gasteiger charge is 2.26. The van der Waals surface area contributed by atoms with Crippen LogP contribution in [0.1, 0.15) is 32.3 Å². The highest BCUT2D eigenvalue weighted by atomic mass is 19.1. The van der Waals surface area contributed by atoms with Crippen molar-refractivity contribution in [3.8, 4) is 0 Å². The SMILES string of the molecule is CC1(C)CCC(C(N)=O)=CN(Cc2c(F)cccc2F)N1. The quantitative estimate of drug-likeness (QED) is 0.899. The van der Waals surface area contributed by atoms with Gasteiger partial charge in [0.25, 0.3) is 0 Å². The molecular weight excluding hydrogens is 276 g/mol. The summed E-state index contributed by atoms with van der Waals surface area (Å²) in [5.41, 5.74) is 8.56. The van der Waals surface area contributed by atoms with E-state index in [4.69, 9.17) is 5.73 Å². The minimum Gasteiger partial charge on any atom is -0.366 e. The number of primary amides is 1. The molecule has 1 heterocycles. The van der Waals surface area contributed by atoms with Gasteiger partial charge in [-0.05, 0) is 38.8 Å². The van der Waals surface area contributed by atoms with Crippen molar-refractivity contribution in [2.45, 2.75) is 38.8 Å². The molecule has 3 N–H and O–H groups in total. The zero-order valence-electron chi connectivity index (χ0n) is 12.1. The molecule has 0 spiro atoms. The average Bonchev–Trinajstić information content (AvgIpc) is 2.52. The summed E-state index contributed by atoms with van der Waals surface area (Å²) in [6.45, 7) is 3.88. The van der Waals surface area contributed by atoms with Gasteiger partial charge in [-0.15, -0.1) is 0 Å². The van der Waals surface area contributed by atoms with Gasteiger partial charge in [0, 0.05) is 22.9 Å². The standard InChI is InChI=1S/C15H19F2N3O/c1-15(2)7-6-10(14(18)21)8-20(19-15)9-11-12(16)4-3-5-13(11)17/h3-5,8,19H,6-7,9H2,1-2H3,(H2,18,21). The van der Waals surface area contributed by atoms with E-state index in [9.17, 15) is 13.6 Å². The van der Waals surface area contributed by atoms with E-state index in [0.29, 0.717) is 18.4 Å². The predicted molar refractivity (Wildman–Crippen MR) is 75.6 cm³/mol. The molecule has 0 unspecified atom stereocenters. The van der Waals surface area contributed by atoms with E-state index in [1.165, 1.54) is 29.4 Å². The van der Waals surface area contributed by atoms with Crippen molar-refractivity contribution in [2.24, 2.45) is 5.73 Å². The molecule has 0 saturated heterocycles. The lowest BCUT2D eigenvalue weighted by atomic mass is 9.97. The molecule has 114 valence electrons. The van der Waals surface area contributed by atoms with E-state index in [2.05, 4.69) is 5.43 Å². The highest BCUT2D eigenvalue weighted by Crippen LogP contribution is 2.23. The summed E-state index contributed by atoms with van der Waals surface area (Å²) in [5, 5.41) is 1.52. The van der Waals surface area contributed by atoms with Gasteiger partial charge >= 0.3 is 0 Å². The molecule has 0 fully saturated rings. The fourth-order valence-electron chi connectivity index (χ4n) is 2.30. The molecule has 0 atom stereocenters. The van der Waals surface area contributed by atoms with Crippen molar-refractivity contribution in [3.63, 3.8) is 0 Å². The van der Waals surface area contributed by atoms with Crippen LogP contribution in [0.15, 0.2) is 30.0 Å². The second-order valence-corrected chi connectivity index (χ2v) is 5.84. The first-order valence-corrected chi connectivity index (χ1v) is 6.76. The van der Waals surface area contributed by atoms with Gasteiger partial charge in [-0.1, -0.05) is 6.07 Å². The summed E-state index contributed by atoms with van der Waals surface area (Å²) in [6, 6.07) is 3.73. The molecule has 0 saturated carbocycles. The minimum atomic E-state index is -0.618. The molecule has 21 heavy (non-hydrogen) atoms. The summed E-state index contributed by atoms with van der Waals surface area (Å²) in [4.78, 5) is 11.4. The number of rotatable bonds is 3. The van der Waals surface area contributed by atoms with Crippen LogP contribution in [0.3, 0.4) is 0 Å². The Morgan fingerprint density at radius 3 is 2.57 bits per heavy atom. The lowest BCUT2D eigenvalue weighted by Gasteiger charge is -2.31. The van der Waals surface area contributed by atoms with E-state index in [1.54, 1.807) is 0 Å². The van der Waals surface area contributed by atoms with Crippen LogP contribution < -0.4 is 11.2 Å². The summed E-state index contributed by atoms with van der Waals surface area (Å²) in [6.07, 6.45) is 2.74. The largest absolute Gasteiger partial charge is 0.366 e.